The molecule has 0 fully saturated rings. The normalized spacial score (nSPS) is 13.0. The Labute approximate surface area is 370 Å². The van der Waals surface area contributed by atoms with E-state index in [1.54, 1.807) is 6.08 Å². The van der Waals surface area contributed by atoms with Crippen molar-refractivity contribution >= 4 is 22.6 Å². The number of fused-ring (bicyclic) bond motifs is 10. The SMILES string of the molecule is C#CC=CC(=CC)c1cc(-c2ccccc2)cc(N(c2cc(-c3ccccc3)cc(-c3ccccc3)c2)c2ccc3c(c2)C2(c4ccccc4-c4ccccc42)c2ccccc2-3)c1. The predicted molar refractivity (Wildman–Crippen MR) is 265 cm³/mol. The second kappa shape index (κ2) is 15.7. The monoisotopic (exact) mass is 801 g/mol. The van der Waals surface area contributed by atoms with Crippen LogP contribution in [0, 0.1) is 12.3 Å². The van der Waals surface area contributed by atoms with E-state index >= 15 is 0 Å². The molecule has 0 N–H and O–H groups in total. The van der Waals surface area contributed by atoms with Crippen molar-refractivity contribution in [2.75, 3.05) is 4.90 Å². The zero-order valence-corrected chi connectivity index (χ0v) is 35.0. The molecular weight excluding hydrogens is 759 g/mol. The first-order valence-electron chi connectivity index (χ1n) is 21.7. The zero-order valence-electron chi connectivity index (χ0n) is 35.0. The van der Waals surface area contributed by atoms with E-state index < -0.39 is 5.41 Å². The lowest BCUT2D eigenvalue weighted by atomic mass is 9.70. The maximum absolute atomic E-state index is 5.80. The van der Waals surface area contributed by atoms with Gasteiger partial charge in [0.15, 0.2) is 0 Å². The molecule has 1 nitrogen and oxygen atoms in total. The molecule has 0 atom stereocenters. The van der Waals surface area contributed by atoms with Gasteiger partial charge >= 0.3 is 0 Å². The molecule has 0 saturated heterocycles. The number of rotatable bonds is 8. The number of terminal acetylenes is 1. The van der Waals surface area contributed by atoms with Crippen LogP contribution in [0.15, 0.2) is 237 Å². The fourth-order valence-corrected chi connectivity index (χ4v) is 10.2. The standard InChI is InChI=1S/C62H43N/c1-3-5-21-43(4-2)47-36-48(44-22-9-6-10-23-44)39-52(38-47)63(53-40-49(45-24-11-7-12-25-45)37-50(41-53)46-26-13-8-14-27-46)51-34-35-57-56-30-17-20-33-60(56)62(61(57)42-51)58-31-18-15-28-54(58)55-29-16-19-32-59(55)62/h1,4-42H,2H3. The second-order valence-electron chi connectivity index (χ2n) is 16.3. The van der Waals surface area contributed by atoms with Crippen molar-refractivity contribution in [2.24, 2.45) is 0 Å². The van der Waals surface area contributed by atoms with Gasteiger partial charge in [-0.15, -0.1) is 6.42 Å². The average Bonchev–Trinajstić information content (AvgIpc) is 3.82. The van der Waals surface area contributed by atoms with Crippen LogP contribution in [0.2, 0.25) is 0 Å². The first-order valence-corrected chi connectivity index (χ1v) is 21.7. The van der Waals surface area contributed by atoms with Crippen LogP contribution in [0.1, 0.15) is 34.7 Å². The van der Waals surface area contributed by atoms with Gasteiger partial charge in [-0.25, -0.2) is 0 Å². The van der Waals surface area contributed by atoms with E-state index in [1.807, 2.05) is 6.08 Å². The summed E-state index contributed by atoms with van der Waals surface area (Å²) in [7, 11) is 0. The Bertz CT molecular complexity index is 3170. The van der Waals surface area contributed by atoms with Crippen molar-refractivity contribution in [2.45, 2.75) is 12.3 Å². The molecule has 0 unspecified atom stereocenters. The quantitative estimate of drug-likeness (QED) is 0.109. The molecular formula is C62H43N. The lowest BCUT2D eigenvalue weighted by Gasteiger charge is -2.32. The molecule has 0 radical (unpaired) electrons. The lowest BCUT2D eigenvalue weighted by molar-refractivity contribution is 0.793. The van der Waals surface area contributed by atoms with Crippen LogP contribution in [0.3, 0.4) is 0 Å². The van der Waals surface area contributed by atoms with Gasteiger partial charge in [0.2, 0.25) is 0 Å². The number of hydrogen-bond donors (Lipinski definition) is 0. The molecule has 9 aromatic rings. The summed E-state index contributed by atoms with van der Waals surface area (Å²) in [4.78, 5) is 2.47. The van der Waals surface area contributed by atoms with Crippen molar-refractivity contribution in [3.8, 4) is 68.0 Å². The van der Waals surface area contributed by atoms with Gasteiger partial charge in [0.1, 0.15) is 0 Å². The van der Waals surface area contributed by atoms with Gasteiger partial charge in [0.05, 0.1) is 5.41 Å². The maximum Gasteiger partial charge on any atom is 0.0726 e. The number of anilines is 3. The molecule has 9 aromatic carbocycles. The van der Waals surface area contributed by atoms with E-state index in [-0.39, 0.29) is 0 Å². The highest BCUT2D eigenvalue weighted by Crippen LogP contribution is 2.63. The third kappa shape index (κ3) is 6.27. The summed E-state index contributed by atoms with van der Waals surface area (Å²) in [6.45, 7) is 2.08. The van der Waals surface area contributed by atoms with Crippen LogP contribution in [0.25, 0.3) is 61.2 Å². The maximum atomic E-state index is 5.80. The summed E-state index contributed by atoms with van der Waals surface area (Å²) < 4.78 is 0. The fraction of sp³-hybridized carbons (Fsp3) is 0.0323. The molecule has 1 spiro atoms. The average molecular weight is 802 g/mol. The Kier molecular flexibility index (Phi) is 9.41. The highest BCUT2D eigenvalue weighted by Gasteiger charge is 2.51. The largest absolute Gasteiger partial charge is 0.310 e. The van der Waals surface area contributed by atoms with Gasteiger partial charge in [0.25, 0.3) is 0 Å². The third-order valence-corrected chi connectivity index (χ3v) is 12.9. The first-order chi connectivity index (χ1) is 31.1. The summed E-state index contributed by atoms with van der Waals surface area (Å²) in [5.41, 5.74) is 22.1. The highest BCUT2D eigenvalue weighted by molar-refractivity contribution is 5.97. The molecule has 0 aliphatic heterocycles. The number of hydrogen-bond acceptors (Lipinski definition) is 1. The lowest BCUT2D eigenvalue weighted by Crippen LogP contribution is -2.26. The Morgan fingerprint density at radius 1 is 0.413 bits per heavy atom. The van der Waals surface area contributed by atoms with Gasteiger partial charge in [-0.05, 0) is 157 Å². The molecule has 0 aromatic heterocycles. The van der Waals surface area contributed by atoms with Gasteiger partial charge < -0.3 is 4.90 Å². The molecule has 0 bridgehead atoms. The van der Waals surface area contributed by atoms with E-state index in [4.69, 9.17) is 6.42 Å². The van der Waals surface area contributed by atoms with Crippen LogP contribution >= 0.6 is 0 Å². The topological polar surface area (TPSA) is 3.24 Å². The van der Waals surface area contributed by atoms with Crippen LogP contribution < -0.4 is 4.90 Å². The van der Waals surface area contributed by atoms with Crippen LogP contribution in [-0.2, 0) is 5.41 Å². The van der Waals surface area contributed by atoms with Gasteiger partial charge in [-0.1, -0.05) is 182 Å². The van der Waals surface area contributed by atoms with E-state index in [0.717, 1.165) is 61.6 Å². The Morgan fingerprint density at radius 3 is 1.32 bits per heavy atom. The van der Waals surface area contributed by atoms with Crippen molar-refractivity contribution in [1.29, 1.82) is 0 Å². The first kappa shape index (κ1) is 37.8. The molecule has 63 heavy (non-hydrogen) atoms. The van der Waals surface area contributed by atoms with E-state index in [0.29, 0.717) is 0 Å². The molecule has 0 heterocycles. The van der Waals surface area contributed by atoms with Gasteiger partial charge in [-0.3, -0.25) is 0 Å². The molecule has 0 saturated carbocycles. The van der Waals surface area contributed by atoms with Gasteiger partial charge in [0, 0.05) is 17.1 Å². The van der Waals surface area contributed by atoms with Gasteiger partial charge in [-0.2, -0.15) is 0 Å². The van der Waals surface area contributed by atoms with E-state index in [1.165, 1.54) is 44.5 Å². The molecule has 0 amide bonds. The Morgan fingerprint density at radius 2 is 0.841 bits per heavy atom. The Hall–Kier alpha value is -8.18. The zero-order chi connectivity index (χ0) is 42.3. The number of allylic oxidation sites excluding steroid dienone is 4. The highest BCUT2D eigenvalue weighted by atomic mass is 15.1. The third-order valence-electron chi connectivity index (χ3n) is 12.9. The summed E-state index contributed by atoms with van der Waals surface area (Å²) >= 11 is 0. The van der Waals surface area contributed by atoms with Crippen LogP contribution in [0.5, 0.6) is 0 Å². The fourth-order valence-electron chi connectivity index (χ4n) is 10.2. The number of nitrogens with zero attached hydrogens (tertiary/aromatic N) is 1. The molecule has 296 valence electrons. The molecule has 1 heteroatoms. The van der Waals surface area contributed by atoms with Crippen molar-refractivity contribution < 1.29 is 0 Å². The minimum Gasteiger partial charge on any atom is -0.310 e. The van der Waals surface area contributed by atoms with Crippen molar-refractivity contribution in [3.05, 3.63) is 264 Å². The second-order valence-corrected chi connectivity index (χ2v) is 16.3. The summed E-state index contributed by atoms with van der Waals surface area (Å²) in [5.74, 6) is 2.72. The predicted octanol–water partition coefficient (Wildman–Crippen LogP) is 16.1. The molecule has 11 rings (SSSR count). The smallest absolute Gasteiger partial charge is 0.0726 e. The summed E-state index contributed by atoms with van der Waals surface area (Å²) in [6.07, 6.45) is 11.8. The summed E-state index contributed by atoms with van der Waals surface area (Å²) in [5, 5.41) is 0. The van der Waals surface area contributed by atoms with Crippen LogP contribution in [-0.4, -0.2) is 0 Å². The summed E-state index contributed by atoms with van der Waals surface area (Å²) in [6, 6.07) is 80.3. The minimum absolute atomic E-state index is 0.489. The molecule has 2 aliphatic carbocycles. The minimum atomic E-state index is -0.489. The molecule has 2 aliphatic rings. The Balaban J connectivity index is 1.23. The van der Waals surface area contributed by atoms with E-state index in [2.05, 4.69) is 242 Å². The van der Waals surface area contributed by atoms with Crippen LogP contribution in [0.4, 0.5) is 17.1 Å². The van der Waals surface area contributed by atoms with Crippen molar-refractivity contribution in [3.63, 3.8) is 0 Å². The van der Waals surface area contributed by atoms with E-state index in [9.17, 15) is 0 Å². The van der Waals surface area contributed by atoms with Crippen molar-refractivity contribution in [1.82, 2.24) is 0 Å². The number of benzene rings is 9.